The molecule has 3 rings (SSSR count). The van der Waals surface area contributed by atoms with Gasteiger partial charge in [-0.2, -0.15) is 5.10 Å². The molecule has 8 heteroatoms. The van der Waals surface area contributed by atoms with Crippen LogP contribution in [-0.4, -0.2) is 44.3 Å². The number of nitrogens with zero attached hydrogens (tertiary/aromatic N) is 3. The van der Waals surface area contributed by atoms with Gasteiger partial charge in [-0.25, -0.2) is 9.78 Å². The Bertz CT molecular complexity index is 708. The van der Waals surface area contributed by atoms with Crippen molar-refractivity contribution < 1.29 is 14.7 Å². The monoisotopic (exact) mass is 275 g/mol. The van der Waals surface area contributed by atoms with Crippen LogP contribution >= 0.6 is 0 Å². The van der Waals surface area contributed by atoms with Crippen molar-refractivity contribution in [1.29, 1.82) is 0 Å². The maximum Gasteiger partial charge on any atom is 0.339 e. The fraction of sp³-hybridized carbons (Fsp3) is 0.333. The highest BCUT2D eigenvalue weighted by Crippen LogP contribution is 2.27. The number of carboxylic acid groups (broad SMARTS) is 1. The van der Waals surface area contributed by atoms with Crippen molar-refractivity contribution in [2.75, 3.05) is 11.9 Å². The number of carbonyl (C=O) groups excluding carboxylic acids is 1. The highest BCUT2D eigenvalue weighted by atomic mass is 16.4. The lowest BCUT2D eigenvalue weighted by molar-refractivity contribution is -0.119. The number of aromatic carboxylic acids is 1. The van der Waals surface area contributed by atoms with Gasteiger partial charge in [0, 0.05) is 26.2 Å². The van der Waals surface area contributed by atoms with Gasteiger partial charge in [-0.15, -0.1) is 0 Å². The Labute approximate surface area is 113 Å². The van der Waals surface area contributed by atoms with Crippen molar-refractivity contribution in [3.8, 4) is 0 Å². The van der Waals surface area contributed by atoms with Crippen molar-refractivity contribution in [3.05, 3.63) is 18.0 Å². The Morgan fingerprint density at radius 3 is 3.00 bits per heavy atom. The lowest BCUT2D eigenvalue weighted by atomic mass is 10.1. The number of fused-ring (bicyclic) bond motifs is 1. The van der Waals surface area contributed by atoms with E-state index >= 15 is 0 Å². The third kappa shape index (κ3) is 1.94. The highest BCUT2D eigenvalue weighted by molar-refractivity contribution is 6.03. The molecule has 1 saturated heterocycles. The summed E-state index contributed by atoms with van der Waals surface area (Å²) in [4.78, 5) is 26.7. The molecule has 2 aromatic rings. The van der Waals surface area contributed by atoms with Crippen LogP contribution in [-0.2, 0) is 11.8 Å². The number of amides is 1. The molecule has 3 N–H and O–H groups in total. The predicted octanol–water partition coefficient (Wildman–Crippen LogP) is -0.0331. The first kappa shape index (κ1) is 12.4. The maximum absolute atomic E-state index is 11.3. The van der Waals surface area contributed by atoms with E-state index in [1.165, 1.54) is 6.20 Å². The van der Waals surface area contributed by atoms with E-state index in [2.05, 4.69) is 20.7 Å². The zero-order valence-corrected chi connectivity index (χ0v) is 10.8. The van der Waals surface area contributed by atoms with Gasteiger partial charge in [-0.1, -0.05) is 0 Å². The van der Waals surface area contributed by atoms with E-state index in [-0.39, 0.29) is 17.5 Å². The normalized spacial score (nSPS) is 18.2. The smallest absolute Gasteiger partial charge is 0.339 e. The molecule has 1 fully saturated rings. The van der Waals surface area contributed by atoms with Crippen LogP contribution in [0.1, 0.15) is 16.8 Å². The molecule has 3 heterocycles. The summed E-state index contributed by atoms with van der Waals surface area (Å²) in [7, 11) is 1.74. The fourth-order valence-electron chi connectivity index (χ4n) is 2.32. The molecule has 20 heavy (non-hydrogen) atoms. The van der Waals surface area contributed by atoms with Crippen LogP contribution in [0.25, 0.3) is 11.0 Å². The van der Waals surface area contributed by atoms with E-state index < -0.39 is 5.97 Å². The molecule has 1 aliphatic rings. The van der Waals surface area contributed by atoms with Gasteiger partial charge in [0.15, 0.2) is 5.65 Å². The van der Waals surface area contributed by atoms with Gasteiger partial charge >= 0.3 is 5.97 Å². The Morgan fingerprint density at radius 1 is 1.55 bits per heavy atom. The summed E-state index contributed by atoms with van der Waals surface area (Å²) in [6.45, 7) is 0.474. The molecule has 1 atom stereocenters. The number of nitrogens with one attached hydrogen (secondary N) is 2. The predicted molar refractivity (Wildman–Crippen MR) is 70.5 cm³/mol. The second kappa shape index (κ2) is 4.48. The number of carbonyl (C=O) groups is 2. The number of hydrogen-bond acceptors (Lipinski definition) is 5. The van der Waals surface area contributed by atoms with E-state index in [0.29, 0.717) is 29.7 Å². The Hall–Kier alpha value is -2.64. The molecule has 1 amide bonds. The topological polar surface area (TPSA) is 109 Å². The summed E-state index contributed by atoms with van der Waals surface area (Å²) >= 11 is 0. The minimum absolute atomic E-state index is 0.0455. The molecule has 0 aliphatic carbocycles. The van der Waals surface area contributed by atoms with Gasteiger partial charge in [0.2, 0.25) is 5.91 Å². The first-order valence-electron chi connectivity index (χ1n) is 6.13. The molecule has 0 saturated carbocycles. The first-order chi connectivity index (χ1) is 9.56. The van der Waals surface area contributed by atoms with Crippen molar-refractivity contribution in [2.24, 2.45) is 7.05 Å². The second-order valence-corrected chi connectivity index (χ2v) is 4.71. The van der Waals surface area contributed by atoms with Gasteiger partial charge in [0.1, 0.15) is 5.56 Å². The Morgan fingerprint density at radius 2 is 2.35 bits per heavy atom. The Kier molecular flexibility index (Phi) is 2.78. The summed E-state index contributed by atoms with van der Waals surface area (Å²) in [6, 6.07) is -0.133. The van der Waals surface area contributed by atoms with Gasteiger partial charge in [0.25, 0.3) is 0 Å². The zero-order chi connectivity index (χ0) is 14.3. The number of carboxylic acids is 1. The maximum atomic E-state index is 11.3. The zero-order valence-electron chi connectivity index (χ0n) is 10.8. The number of anilines is 1. The van der Waals surface area contributed by atoms with E-state index in [4.69, 9.17) is 0 Å². The van der Waals surface area contributed by atoms with Crippen LogP contribution in [0.5, 0.6) is 0 Å². The molecular formula is C12H13N5O3. The number of hydrogen-bond donors (Lipinski definition) is 3. The van der Waals surface area contributed by atoms with Gasteiger partial charge < -0.3 is 15.7 Å². The largest absolute Gasteiger partial charge is 0.478 e. The van der Waals surface area contributed by atoms with E-state index in [9.17, 15) is 14.7 Å². The third-order valence-electron chi connectivity index (χ3n) is 3.32. The Balaban J connectivity index is 2.07. The standard InChI is InChI=1S/C12H13N5O3/c1-17-11-7(5-15-17)10(8(4-14-11)12(19)20)16-6-2-9(18)13-3-6/h4-6H,2-3H2,1H3,(H,13,18)(H,14,16)(H,19,20). The summed E-state index contributed by atoms with van der Waals surface area (Å²) < 4.78 is 1.57. The molecule has 1 aliphatic heterocycles. The third-order valence-corrected chi connectivity index (χ3v) is 3.32. The van der Waals surface area contributed by atoms with E-state index in [1.807, 2.05) is 0 Å². The average molecular weight is 275 g/mol. The molecule has 0 radical (unpaired) electrons. The summed E-state index contributed by atoms with van der Waals surface area (Å²) in [6.07, 6.45) is 3.20. The molecule has 0 aromatic carbocycles. The first-order valence-corrected chi connectivity index (χ1v) is 6.13. The second-order valence-electron chi connectivity index (χ2n) is 4.71. The van der Waals surface area contributed by atoms with E-state index in [1.54, 1.807) is 17.9 Å². The van der Waals surface area contributed by atoms with Crippen molar-refractivity contribution >= 4 is 28.6 Å². The minimum atomic E-state index is -1.07. The SMILES string of the molecule is Cn1ncc2c(NC3CNC(=O)C3)c(C(=O)O)cnc21. The number of rotatable bonds is 3. The molecule has 104 valence electrons. The van der Waals surface area contributed by atoms with Crippen molar-refractivity contribution in [3.63, 3.8) is 0 Å². The number of pyridine rings is 1. The highest BCUT2D eigenvalue weighted by Gasteiger charge is 2.25. The van der Waals surface area contributed by atoms with Crippen LogP contribution in [0, 0.1) is 0 Å². The molecule has 0 spiro atoms. The van der Waals surface area contributed by atoms with Gasteiger partial charge in [-0.05, 0) is 0 Å². The van der Waals surface area contributed by atoms with E-state index in [0.717, 1.165) is 0 Å². The quantitative estimate of drug-likeness (QED) is 0.725. The lowest BCUT2D eigenvalue weighted by Crippen LogP contribution is -2.23. The van der Waals surface area contributed by atoms with Crippen LogP contribution in [0.3, 0.4) is 0 Å². The average Bonchev–Trinajstić information content (AvgIpc) is 2.97. The van der Waals surface area contributed by atoms with Crippen LogP contribution in [0.2, 0.25) is 0 Å². The summed E-state index contributed by atoms with van der Waals surface area (Å²) in [5.41, 5.74) is 1.12. The summed E-state index contributed by atoms with van der Waals surface area (Å²) in [5.74, 6) is -1.11. The van der Waals surface area contributed by atoms with Crippen molar-refractivity contribution in [1.82, 2.24) is 20.1 Å². The number of aryl methyl sites for hydroxylation is 1. The molecule has 8 nitrogen and oxygen atoms in total. The fourth-order valence-corrected chi connectivity index (χ4v) is 2.32. The van der Waals surface area contributed by atoms with Crippen molar-refractivity contribution in [2.45, 2.75) is 12.5 Å². The molecular weight excluding hydrogens is 262 g/mol. The molecule has 1 unspecified atom stereocenters. The molecule has 2 aromatic heterocycles. The van der Waals surface area contributed by atoms with Crippen LogP contribution < -0.4 is 10.6 Å². The summed E-state index contributed by atoms with van der Waals surface area (Å²) in [5, 5.41) is 19.8. The van der Waals surface area contributed by atoms with Gasteiger partial charge in [-0.3, -0.25) is 9.48 Å². The van der Waals surface area contributed by atoms with Crippen LogP contribution in [0.4, 0.5) is 5.69 Å². The number of aromatic nitrogens is 3. The minimum Gasteiger partial charge on any atom is -0.478 e. The lowest BCUT2D eigenvalue weighted by Gasteiger charge is -2.15. The van der Waals surface area contributed by atoms with Crippen LogP contribution in [0.15, 0.2) is 12.4 Å². The van der Waals surface area contributed by atoms with Gasteiger partial charge in [0.05, 0.1) is 23.3 Å². The molecule has 0 bridgehead atoms.